The van der Waals surface area contributed by atoms with E-state index < -0.39 is 11.5 Å². The van der Waals surface area contributed by atoms with Crippen molar-refractivity contribution in [2.75, 3.05) is 24.6 Å². The van der Waals surface area contributed by atoms with Crippen LogP contribution in [0.5, 0.6) is 0 Å². The van der Waals surface area contributed by atoms with Gasteiger partial charge in [0.05, 0.1) is 12.3 Å². The molecule has 0 spiro atoms. The third kappa shape index (κ3) is 2.60. The van der Waals surface area contributed by atoms with Gasteiger partial charge in [-0.05, 0) is 30.9 Å². The van der Waals surface area contributed by atoms with Gasteiger partial charge in [0.1, 0.15) is 6.29 Å². The number of ether oxygens (including phenoxy) is 1. The number of carbonyl (C=O) groups is 3. The van der Waals surface area contributed by atoms with Crippen molar-refractivity contribution >= 4 is 23.9 Å². The quantitative estimate of drug-likeness (QED) is 0.364. The molecule has 0 fully saturated rings. The van der Waals surface area contributed by atoms with Gasteiger partial charge in [-0.1, -0.05) is 18.2 Å². The van der Waals surface area contributed by atoms with Gasteiger partial charge in [-0.15, -0.1) is 0 Å². The molecule has 1 unspecified atom stereocenters. The molecule has 0 saturated carbocycles. The number of amides is 1. The van der Waals surface area contributed by atoms with E-state index in [4.69, 9.17) is 4.74 Å². The van der Waals surface area contributed by atoms with E-state index in [0.29, 0.717) is 6.54 Å². The van der Waals surface area contributed by atoms with Gasteiger partial charge in [0.25, 0.3) is 5.91 Å². The Hall–Kier alpha value is -2.21. The summed E-state index contributed by atoms with van der Waals surface area (Å²) in [7, 11) is 0. The number of para-hydroxylation sites is 1. The number of nitrogens with zero attached hydrogens (tertiary/aromatic N) is 1. The Morgan fingerprint density at radius 1 is 1.42 bits per heavy atom. The summed E-state index contributed by atoms with van der Waals surface area (Å²) in [4.78, 5) is 38.3. The van der Waals surface area contributed by atoms with Gasteiger partial charge in [-0.2, -0.15) is 0 Å². The first-order chi connectivity index (χ1) is 11.6. The van der Waals surface area contributed by atoms with Crippen LogP contribution in [0.15, 0.2) is 18.2 Å². The second-order valence-corrected chi connectivity index (χ2v) is 6.17. The lowest BCUT2D eigenvalue weighted by molar-refractivity contribution is -0.155. The van der Waals surface area contributed by atoms with Crippen molar-refractivity contribution in [3.05, 3.63) is 29.3 Å². The maximum absolute atomic E-state index is 13.2. The van der Waals surface area contributed by atoms with Crippen LogP contribution in [0.1, 0.15) is 30.9 Å². The molecule has 2 aliphatic rings. The number of benzene rings is 1. The summed E-state index contributed by atoms with van der Waals surface area (Å²) in [6, 6.07) is 5.96. The van der Waals surface area contributed by atoms with Gasteiger partial charge in [-0.25, -0.2) is 4.79 Å². The molecular formula is C18H22N2O4. The lowest BCUT2D eigenvalue weighted by Crippen LogP contribution is -2.67. The summed E-state index contributed by atoms with van der Waals surface area (Å²) in [5.41, 5.74) is 1.63. The standard InChI is InChI=1S/C18H22N2O4/c1-2-24-17(23)18(19-9-5-11-21)12-14-7-3-6-13-8-4-10-20(15(13)14)16(18)22/h3,6-7,11,19H,2,4-5,8-10,12H2,1H3. The summed E-state index contributed by atoms with van der Waals surface area (Å²) in [5.74, 6) is -0.839. The van der Waals surface area contributed by atoms with Crippen LogP contribution in [0.2, 0.25) is 0 Å². The average molecular weight is 330 g/mol. The molecule has 1 N–H and O–H groups in total. The topological polar surface area (TPSA) is 75.7 Å². The fraction of sp³-hybridized carbons (Fsp3) is 0.500. The van der Waals surface area contributed by atoms with E-state index in [-0.39, 0.29) is 31.9 Å². The molecule has 0 bridgehead atoms. The number of aldehydes is 1. The monoisotopic (exact) mass is 330 g/mol. The van der Waals surface area contributed by atoms with Gasteiger partial charge in [0.2, 0.25) is 5.54 Å². The molecule has 6 heteroatoms. The van der Waals surface area contributed by atoms with Crippen LogP contribution in [0.3, 0.4) is 0 Å². The molecule has 1 aromatic carbocycles. The van der Waals surface area contributed by atoms with Crippen molar-refractivity contribution in [3.63, 3.8) is 0 Å². The Labute approximate surface area is 141 Å². The molecule has 0 aliphatic carbocycles. The van der Waals surface area contributed by atoms with Crippen LogP contribution in [0.4, 0.5) is 5.69 Å². The fourth-order valence-corrected chi connectivity index (χ4v) is 3.64. The Morgan fingerprint density at radius 2 is 2.21 bits per heavy atom. The molecule has 0 radical (unpaired) electrons. The Kier molecular flexibility index (Phi) is 4.66. The third-order valence-corrected chi connectivity index (χ3v) is 4.68. The number of nitrogens with one attached hydrogen (secondary N) is 1. The summed E-state index contributed by atoms with van der Waals surface area (Å²) in [6.07, 6.45) is 3.07. The summed E-state index contributed by atoms with van der Waals surface area (Å²) >= 11 is 0. The van der Waals surface area contributed by atoms with Gasteiger partial charge >= 0.3 is 5.97 Å². The zero-order chi connectivity index (χ0) is 17.2. The second-order valence-electron chi connectivity index (χ2n) is 6.17. The highest BCUT2D eigenvalue weighted by molar-refractivity contribution is 6.16. The van der Waals surface area contributed by atoms with Crippen molar-refractivity contribution in [2.24, 2.45) is 0 Å². The van der Waals surface area contributed by atoms with Crippen molar-refractivity contribution in [2.45, 2.75) is 38.1 Å². The largest absolute Gasteiger partial charge is 0.464 e. The third-order valence-electron chi connectivity index (χ3n) is 4.68. The second kappa shape index (κ2) is 6.73. The van der Waals surface area contributed by atoms with E-state index in [2.05, 4.69) is 5.32 Å². The maximum atomic E-state index is 13.2. The van der Waals surface area contributed by atoms with E-state index in [1.54, 1.807) is 11.8 Å². The molecule has 0 aromatic heterocycles. The molecule has 1 amide bonds. The van der Waals surface area contributed by atoms with Gasteiger partial charge in [-0.3, -0.25) is 10.1 Å². The van der Waals surface area contributed by atoms with Crippen LogP contribution in [-0.4, -0.2) is 43.4 Å². The number of hydrogen-bond donors (Lipinski definition) is 1. The highest BCUT2D eigenvalue weighted by Gasteiger charge is 2.53. The SMILES string of the molecule is CCOC(=O)C1(NCCC=O)Cc2cccc3c2N(CCC3)C1=O. The minimum absolute atomic E-state index is 0.204. The van der Waals surface area contributed by atoms with E-state index in [9.17, 15) is 14.4 Å². The molecule has 24 heavy (non-hydrogen) atoms. The highest BCUT2D eigenvalue weighted by atomic mass is 16.5. The first-order valence-electron chi connectivity index (χ1n) is 8.42. The molecule has 6 nitrogen and oxygen atoms in total. The minimum atomic E-state index is -1.44. The summed E-state index contributed by atoms with van der Waals surface area (Å²) < 4.78 is 5.20. The lowest BCUT2D eigenvalue weighted by atomic mass is 9.81. The van der Waals surface area contributed by atoms with Crippen LogP contribution < -0.4 is 10.2 Å². The maximum Gasteiger partial charge on any atom is 0.336 e. The predicted molar refractivity (Wildman–Crippen MR) is 88.9 cm³/mol. The Morgan fingerprint density at radius 3 is 2.96 bits per heavy atom. The van der Waals surface area contributed by atoms with Crippen molar-refractivity contribution in [3.8, 4) is 0 Å². The number of esters is 1. The number of aryl methyl sites for hydroxylation is 1. The molecule has 0 saturated heterocycles. The van der Waals surface area contributed by atoms with E-state index in [1.807, 2.05) is 18.2 Å². The first-order valence-corrected chi connectivity index (χ1v) is 8.42. The number of carbonyl (C=O) groups excluding carboxylic acids is 3. The van der Waals surface area contributed by atoms with E-state index in [1.165, 1.54) is 0 Å². The van der Waals surface area contributed by atoms with Crippen molar-refractivity contribution in [1.29, 1.82) is 0 Å². The minimum Gasteiger partial charge on any atom is -0.464 e. The molecule has 3 rings (SSSR count). The zero-order valence-corrected chi connectivity index (χ0v) is 13.8. The first kappa shape index (κ1) is 16.6. The van der Waals surface area contributed by atoms with E-state index >= 15 is 0 Å². The number of anilines is 1. The summed E-state index contributed by atoms with van der Waals surface area (Å²) in [5, 5.41) is 3.02. The summed E-state index contributed by atoms with van der Waals surface area (Å²) in [6.45, 7) is 2.78. The predicted octanol–water partition coefficient (Wildman–Crippen LogP) is 1.00. The molecule has 1 aromatic rings. The zero-order valence-electron chi connectivity index (χ0n) is 13.8. The van der Waals surface area contributed by atoms with E-state index in [0.717, 1.165) is 35.9 Å². The molecule has 1 atom stereocenters. The lowest BCUT2D eigenvalue weighted by Gasteiger charge is -2.43. The normalized spacial score (nSPS) is 22.0. The van der Waals surface area contributed by atoms with Crippen LogP contribution in [0.25, 0.3) is 0 Å². The van der Waals surface area contributed by atoms with Crippen molar-refractivity contribution < 1.29 is 19.1 Å². The Bertz CT molecular complexity index is 673. The fourth-order valence-electron chi connectivity index (χ4n) is 3.64. The van der Waals surface area contributed by atoms with Crippen LogP contribution in [0, 0.1) is 0 Å². The number of rotatable bonds is 6. The van der Waals surface area contributed by atoms with Gasteiger partial charge in [0, 0.05) is 25.9 Å². The molecular weight excluding hydrogens is 308 g/mol. The van der Waals surface area contributed by atoms with Gasteiger partial charge in [0.15, 0.2) is 0 Å². The molecule has 2 heterocycles. The smallest absolute Gasteiger partial charge is 0.336 e. The Balaban J connectivity index is 2.04. The van der Waals surface area contributed by atoms with Crippen LogP contribution in [-0.2, 0) is 32.0 Å². The molecule has 2 aliphatic heterocycles. The average Bonchev–Trinajstić information content (AvgIpc) is 2.59. The van der Waals surface area contributed by atoms with Gasteiger partial charge < -0.3 is 14.4 Å². The number of hydrogen-bond acceptors (Lipinski definition) is 5. The van der Waals surface area contributed by atoms with Crippen molar-refractivity contribution in [1.82, 2.24) is 5.32 Å². The highest BCUT2D eigenvalue weighted by Crippen LogP contribution is 2.39. The molecule has 128 valence electrons. The van der Waals surface area contributed by atoms with Crippen LogP contribution >= 0.6 is 0 Å².